The summed E-state index contributed by atoms with van der Waals surface area (Å²) in [4.78, 5) is 37.8. The quantitative estimate of drug-likeness (QED) is 0.127. The van der Waals surface area contributed by atoms with Crippen LogP contribution in [0, 0.1) is 24.2 Å². The summed E-state index contributed by atoms with van der Waals surface area (Å²) < 4.78 is 34.3. The van der Waals surface area contributed by atoms with Gasteiger partial charge >= 0.3 is 5.97 Å². The second-order valence-corrected chi connectivity index (χ2v) is 14.6. The van der Waals surface area contributed by atoms with Crippen molar-refractivity contribution in [3.05, 3.63) is 88.0 Å². The van der Waals surface area contributed by atoms with E-state index in [-0.39, 0.29) is 34.3 Å². The highest BCUT2D eigenvalue weighted by molar-refractivity contribution is 6.35. The number of pyridine rings is 2. The first kappa shape index (κ1) is 37.3. The molecular formula is C40H36ClF2N9O4. The summed E-state index contributed by atoms with van der Waals surface area (Å²) in [5.41, 5.74) is 6.17. The summed E-state index contributed by atoms with van der Waals surface area (Å²) in [5, 5.41) is 32.7. The molecule has 6 aromatic rings. The molecule has 0 spiro atoms. The maximum atomic E-state index is 14.1. The molecule has 0 aliphatic carbocycles. The molecule has 0 unspecified atom stereocenters. The highest BCUT2D eigenvalue weighted by Crippen LogP contribution is 2.40. The molecule has 286 valence electrons. The minimum Gasteiger partial charge on any atom is -0.481 e. The Morgan fingerprint density at radius 3 is 2.52 bits per heavy atom. The summed E-state index contributed by atoms with van der Waals surface area (Å²) in [6, 6.07) is 14.7. The lowest BCUT2D eigenvalue weighted by atomic mass is 9.96. The van der Waals surface area contributed by atoms with Crippen molar-refractivity contribution in [1.29, 1.82) is 5.26 Å². The molecule has 56 heavy (non-hydrogen) atoms. The average Bonchev–Trinajstić information content (AvgIpc) is 3.81. The standard InChI is InChI=1S/C40H36ClF2N9O4/c1-21-27(3-2-4-29(21)47-37-34-30(48-38(50-37)36(42)43)15-23(17-46-34)19-52-12-8-26(53)20-52)33-32(41)28(5-9-45-33)39-49-31-14-22(13-25(16-44)35(31)56-39)18-51-10-6-24(7-11-51)40(54)55/h2-5,9,13-15,17,24,26,36,53H,6-8,10-12,18-20H2,1H3,(H,54,55)(H,47,48,50)/t26-/m1/s1. The number of nitrogens with zero attached hydrogens (tertiary/aromatic N) is 8. The molecule has 2 aromatic carbocycles. The number of hydrogen-bond acceptors (Lipinski definition) is 12. The number of rotatable bonds is 10. The van der Waals surface area contributed by atoms with Gasteiger partial charge in [0.05, 0.1) is 39.4 Å². The summed E-state index contributed by atoms with van der Waals surface area (Å²) in [5.74, 6) is -1.42. The van der Waals surface area contributed by atoms with Crippen molar-refractivity contribution in [2.45, 2.75) is 51.8 Å². The van der Waals surface area contributed by atoms with Crippen LogP contribution in [-0.4, -0.2) is 83.2 Å². The number of aliphatic carboxylic acids is 1. The van der Waals surface area contributed by atoms with Crippen LogP contribution in [0.2, 0.25) is 5.02 Å². The van der Waals surface area contributed by atoms with Crippen LogP contribution in [0.15, 0.2) is 59.3 Å². The van der Waals surface area contributed by atoms with Gasteiger partial charge in [0.15, 0.2) is 17.2 Å². The normalized spacial score (nSPS) is 16.9. The topological polar surface area (TPSA) is 177 Å². The first-order valence-electron chi connectivity index (χ1n) is 18.2. The lowest BCUT2D eigenvalue weighted by Gasteiger charge is -2.30. The molecule has 13 nitrogen and oxygen atoms in total. The molecule has 6 heterocycles. The summed E-state index contributed by atoms with van der Waals surface area (Å²) in [7, 11) is 0. The molecule has 0 amide bonds. The molecule has 1 atom stereocenters. The number of likely N-dealkylation sites (tertiary alicyclic amines) is 2. The van der Waals surface area contributed by atoms with Crippen LogP contribution < -0.4 is 5.32 Å². The van der Waals surface area contributed by atoms with E-state index in [2.05, 4.69) is 41.1 Å². The number of piperidine rings is 1. The minimum absolute atomic E-state index is 0.116. The maximum Gasteiger partial charge on any atom is 0.306 e. The molecule has 3 N–H and O–H groups in total. The number of nitriles is 1. The van der Waals surface area contributed by atoms with Crippen molar-refractivity contribution in [3.63, 3.8) is 0 Å². The van der Waals surface area contributed by atoms with Crippen LogP contribution in [-0.2, 0) is 17.9 Å². The Kier molecular flexibility index (Phi) is 10.3. The fourth-order valence-electron chi connectivity index (χ4n) is 7.49. The Morgan fingerprint density at radius 1 is 1.02 bits per heavy atom. The molecule has 16 heteroatoms. The van der Waals surface area contributed by atoms with E-state index < -0.39 is 18.2 Å². The van der Waals surface area contributed by atoms with Gasteiger partial charge in [-0.05, 0) is 86.3 Å². The second-order valence-electron chi connectivity index (χ2n) is 14.3. The van der Waals surface area contributed by atoms with E-state index in [9.17, 15) is 29.1 Å². The Labute approximate surface area is 324 Å². The van der Waals surface area contributed by atoms with Gasteiger partial charge in [0.25, 0.3) is 6.43 Å². The number of aromatic nitrogens is 5. The minimum atomic E-state index is -2.92. The number of oxazole rings is 1. The molecule has 0 radical (unpaired) electrons. The zero-order chi connectivity index (χ0) is 39.1. The molecule has 2 fully saturated rings. The predicted molar refractivity (Wildman–Crippen MR) is 204 cm³/mol. The first-order valence-corrected chi connectivity index (χ1v) is 18.6. The number of fused-ring (bicyclic) bond motifs is 2. The van der Waals surface area contributed by atoms with Gasteiger partial charge in [0.1, 0.15) is 17.1 Å². The van der Waals surface area contributed by atoms with E-state index in [0.29, 0.717) is 102 Å². The van der Waals surface area contributed by atoms with Crippen molar-refractivity contribution < 1.29 is 28.2 Å². The zero-order valence-electron chi connectivity index (χ0n) is 30.2. The fraction of sp³-hybridized carbons (Fsp3) is 0.325. The van der Waals surface area contributed by atoms with Crippen molar-refractivity contribution in [2.75, 3.05) is 31.5 Å². The van der Waals surface area contributed by atoms with Crippen molar-refractivity contribution >= 4 is 51.2 Å². The summed E-state index contributed by atoms with van der Waals surface area (Å²) in [6.45, 7) is 5.44. The van der Waals surface area contributed by atoms with Crippen molar-refractivity contribution in [3.8, 4) is 28.8 Å². The Morgan fingerprint density at radius 2 is 1.79 bits per heavy atom. The fourth-order valence-corrected chi connectivity index (χ4v) is 7.79. The number of benzene rings is 2. The van der Waals surface area contributed by atoms with Gasteiger partial charge in [0, 0.05) is 49.8 Å². The highest BCUT2D eigenvalue weighted by Gasteiger charge is 2.26. The van der Waals surface area contributed by atoms with Crippen LogP contribution in [0.1, 0.15) is 53.8 Å². The van der Waals surface area contributed by atoms with Crippen LogP contribution in [0.25, 0.3) is 44.8 Å². The van der Waals surface area contributed by atoms with Gasteiger partial charge in [-0.1, -0.05) is 23.7 Å². The highest BCUT2D eigenvalue weighted by atomic mass is 35.5. The predicted octanol–water partition coefficient (Wildman–Crippen LogP) is 7.27. The SMILES string of the molecule is Cc1c(Nc2nc(C(F)F)nc3cc(CN4CC[C@@H](O)C4)cnc23)cccc1-c1nccc(-c2nc3cc(CN4CCC(C(=O)O)CC4)cc(C#N)c3o2)c1Cl. The van der Waals surface area contributed by atoms with Crippen LogP contribution in [0.3, 0.4) is 0 Å². The van der Waals surface area contributed by atoms with Crippen molar-refractivity contribution in [2.24, 2.45) is 5.92 Å². The van der Waals surface area contributed by atoms with Gasteiger partial charge in [-0.2, -0.15) is 5.26 Å². The zero-order valence-corrected chi connectivity index (χ0v) is 31.0. The summed E-state index contributed by atoms with van der Waals surface area (Å²) in [6.07, 6.45) is 1.76. The number of carbonyl (C=O) groups is 1. The maximum absolute atomic E-state index is 14.1. The van der Waals surface area contributed by atoms with Gasteiger partial charge < -0.3 is 19.9 Å². The van der Waals surface area contributed by atoms with Gasteiger partial charge in [-0.15, -0.1) is 0 Å². The van der Waals surface area contributed by atoms with Gasteiger partial charge in [0.2, 0.25) is 5.89 Å². The largest absolute Gasteiger partial charge is 0.481 e. The van der Waals surface area contributed by atoms with E-state index in [1.807, 2.05) is 19.1 Å². The lowest BCUT2D eigenvalue weighted by Crippen LogP contribution is -2.35. The van der Waals surface area contributed by atoms with Gasteiger partial charge in [-0.25, -0.2) is 23.7 Å². The molecule has 0 saturated carbocycles. The van der Waals surface area contributed by atoms with E-state index in [1.165, 1.54) is 0 Å². The van der Waals surface area contributed by atoms with E-state index in [1.54, 1.807) is 42.7 Å². The van der Waals surface area contributed by atoms with Crippen LogP contribution in [0.4, 0.5) is 20.3 Å². The summed E-state index contributed by atoms with van der Waals surface area (Å²) >= 11 is 7.05. The third-order valence-electron chi connectivity index (χ3n) is 10.4. The number of halogens is 3. The monoisotopic (exact) mass is 779 g/mol. The second kappa shape index (κ2) is 15.5. The molecule has 0 bridgehead atoms. The number of carboxylic acids is 1. The third-order valence-corrected chi connectivity index (χ3v) is 10.8. The number of hydrogen-bond donors (Lipinski definition) is 3. The Bertz CT molecular complexity index is 2520. The van der Waals surface area contributed by atoms with Crippen molar-refractivity contribution in [1.82, 2.24) is 34.7 Å². The van der Waals surface area contributed by atoms with E-state index in [0.717, 1.165) is 17.7 Å². The molecule has 2 aliphatic heterocycles. The molecule has 4 aromatic heterocycles. The lowest BCUT2D eigenvalue weighted by molar-refractivity contribution is -0.143. The average molecular weight is 780 g/mol. The smallest absolute Gasteiger partial charge is 0.306 e. The molecule has 2 saturated heterocycles. The number of anilines is 2. The first-order chi connectivity index (χ1) is 27.0. The Balaban J connectivity index is 1.08. The van der Waals surface area contributed by atoms with Crippen LogP contribution in [0.5, 0.6) is 0 Å². The number of alkyl halides is 2. The number of nitrogens with one attached hydrogen (secondary N) is 1. The Hall–Kier alpha value is -5.66. The van der Waals surface area contributed by atoms with E-state index in [4.69, 9.17) is 21.0 Å². The number of aliphatic hydroxyl groups is 1. The van der Waals surface area contributed by atoms with Crippen LogP contribution >= 0.6 is 11.6 Å². The number of aliphatic hydroxyl groups excluding tert-OH is 1. The number of carboxylic acid groups (broad SMARTS) is 1. The van der Waals surface area contributed by atoms with E-state index >= 15 is 0 Å². The number of β-amino-alcohol motifs (C(OH)–C–C–N with tert-alkyl or cyclic N) is 1. The molecular weight excluding hydrogens is 744 g/mol. The molecule has 8 rings (SSSR count). The van der Waals surface area contributed by atoms with Gasteiger partial charge in [-0.3, -0.25) is 24.6 Å². The third kappa shape index (κ3) is 7.48. The molecule has 2 aliphatic rings.